The number of hydrogen-bond acceptors (Lipinski definition) is 2. The average Bonchev–Trinajstić information content (AvgIpc) is 2.40. The van der Waals surface area contributed by atoms with Crippen molar-refractivity contribution >= 4 is 0 Å². The minimum atomic E-state index is 0. The van der Waals surface area contributed by atoms with Gasteiger partial charge in [0.15, 0.2) is 0 Å². The van der Waals surface area contributed by atoms with Gasteiger partial charge >= 0.3 is 0 Å². The Kier molecular flexibility index (Phi) is 11.2. The molecule has 0 aliphatic rings. The minimum Gasteiger partial charge on any atom is -0.870 e. The molecule has 0 amide bonds. The van der Waals surface area contributed by atoms with Crippen LogP contribution in [-0.4, -0.2) is 41.8 Å². The summed E-state index contributed by atoms with van der Waals surface area (Å²) in [6, 6.07) is 10.8. The van der Waals surface area contributed by atoms with Crippen molar-refractivity contribution in [2.45, 2.75) is 27.3 Å². The van der Waals surface area contributed by atoms with E-state index in [9.17, 15) is 0 Å². The van der Waals surface area contributed by atoms with Crippen LogP contribution in [0.3, 0.4) is 0 Å². The first kappa shape index (κ1) is 18.5. The normalized spacial score (nSPS) is 9.94. The van der Waals surface area contributed by atoms with Crippen LogP contribution in [0.4, 0.5) is 0 Å². The van der Waals surface area contributed by atoms with E-state index in [0.29, 0.717) is 0 Å². The average molecular weight is 241 g/mol. The molecule has 3 nitrogen and oxygen atoms in total. The van der Waals surface area contributed by atoms with E-state index in [1.165, 1.54) is 36.2 Å². The quantitative estimate of drug-likeness (QED) is 0.805. The van der Waals surface area contributed by atoms with Gasteiger partial charge in [0.1, 0.15) is 6.54 Å². The molecule has 0 saturated heterocycles. The maximum Gasteiger partial charge on any atom is 0.104 e. The summed E-state index contributed by atoms with van der Waals surface area (Å²) in [7, 11) is 1.00. The van der Waals surface area contributed by atoms with E-state index in [1.807, 2.05) is 0 Å². The van der Waals surface area contributed by atoms with Crippen LogP contribution in [0.25, 0.3) is 0 Å². The molecule has 100 valence electrons. The summed E-state index contributed by atoms with van der Waals surface area (Å²) in [6.07, 6.45) is 0. The monoisotopic (exact) mass is 241 g/mol. The number of benzene rings is 1. The van der Waals surface area contributed by atoms with E-state index in [1.54, 1.807) is 0 Å². The molecule has 0 aliphatic carbocycles. The fourth-order valence-electron chi connectivity index (χ4n) is 1.98. The summed E-state index contributed by atoms with van der Waals surface area (Å²) in [4.78, 5) is 0. The molecular formula is C14H27NO2. The summed E-state index contributed by atoms with van der Waals surface area (Å²) >= 11 is 0. The number of hydrogen-bond donors (Lipinski definition) is 1. The van der Waals surface area contributed by atoms with Crippen molar-refractivity contribution in [1.82, 2.24) is 0 Å². The lowest BCUT2D eigenvalue weighted by Gasteiger charge is -2.35. The Hall–Kier alpha value is -0.900. The minimum absolute atomic E-state index is 0. The summed E-state index contributed by atoms with van der Waals surface area (Å²) < 4.78 is 1.20. The van der Waals surface area contributed by atoms with Gasteiger partial charge in [-0.25, -0.2) is 0 Å². The lowest BCUT2D eigenvalue weighted by molar-refractivity contribution is -0.936. The number of aliphatic hydroxyl groups excluding tert-OH is 1. The maximum atomic E-state index is 7.00. The van der Waals surface area contributed by atoms with E-state index < -0.39 is 0 Å². The van der Waals surface area contributed by atoms with Gasteiger partial charge < -0.3 is 15.1 Å². The first-order valence-corrected chi connectivity index (χ1v) is 6.10. The molecular weight excluding hydrogens is 214 g/mol. The SMILES string of the molecule is CC[N+](CC)(CC)Cc1ccccc1.CO.[OH-]. The summed E-state index contributed by atoms with van der Waals surface area (Å²) in [6.45, 7) is 11.7. The fraction of sp³-hybridized carbons (Fsp3) is 0.571. The van der Waals surface area contributed by atoms with Crippen molar-refractivity contribution in [3.63, 3.8) is 0 Å². The third kappa shape index (κ3) is 5.82. The number of quaternary nitrogens is 1. The zero-order chi connectivity index (χ0) is 12.4. The lowest BCUT2D eigenvalue weighted by Crippen LogP contribution is -2.46. The molecule has 0 spiro atoms. The molecule has 0 bridgehead atoms. The van der Waals surface area contributed by atoms with Gasteiger partial charge in [0, 0.05) is 12.7 Å². The molecule has 0 unspecified atom stereocenters. The van der Waals surface area contributed by atoms with Gasteiger partial charge in [-0.2, -0.15) is 0 Å². The van der Waals surface area contributed by atoms with Crippen LogP contribution in [0, 0.1) is 0 Å². The molecule has 0 atom stereocenters. The highest BCUT2D eigenvalue weighted by atomic mass is 16.2. The standard InChI is InChI=1S/C13H22N.CH4O.H2O/c1-4-14(5-2,6-3)12-13-10-8-7-9-11-13;1-2;/h7-11H,4-6,12H2,1-3H3;2H,1H3;1H2/q+1;;/p-1. The van der Waals surface area contributed by atoms with Gasteiger partial charge in [-0.15, -0.1) is 0 Å². The van der Waals surface area contributed by atoms with Crippen molar-refractivity contribution < 1.29 is 15.1 Å². The van der Waals surface area contributed by atoms with Gasteiger partial charge in [-0.1, -0.05) is 30.3 Å². The molecule has 0 heterocycles. The van der Waals surface area contributed by atoms with Crippen LogP contribution in [0.1, 0.15) is 26.3 Å². The molecule has 2 N–H and O–H groups in total. The van der Waals surface area contributed by atoms with Crippen molar-refractivity contribution in [1.29, 1.82) is 0 Å². The second-order valence-corrected chi connectivity index (χ2v) is 3.93. The van der Waals surface area contributed by atoms with Crippen LogP contribution < -0.4 is 0 Å². The Balaban J connectivity index is 0. The third-order valence-corrected chi connectivity index (χ3v) is 3.37. The third-order valence-electron chi connectivity index (χ3n) is 3.37. The Bertz CT molecular complexity index is 250. The van der Waals surface area contributed by atoms with Crippen LogP contribution in [-0.2, 0) is 6.54 Å². The van der Waals surface area contributed by atoms with Gasteiger partial charge in [0.05, 0.1) is 19.6 Å². The van der Waals surface area contributed by atoms with Gasteiger partial charge in [-0.3, -0.25) is 0 Å². The summed E-state index contributed by atoms with van der Waals surface area (Å²) in [5.41, 5.74) is 1.46. The van der Waals surface area contributed by atoms with Crippen LogP contribution in [0.15, 0.2) is 30.3 Å². The molecule has 1 aromatic carbocycles. The van der Waals surface area contributed by atoms with E-state index in [-0.39, 0.29) is 5.48 Å². The molecule has 0 saturated carbocycles. The topological polar surface area (TPSA) is 50.2 Å². The maximum absolute atomic E-state index is 7.00. The highest BCUT2D eigenvalue weighted by Crippen LogP contribution is 2.13. The largest absolute Gasteiger partial charge is 0.870 e. The molecule has 1 rings (SSSR count). The second kappa shape index (κ2) is 10.3. The second-order valence-electron chi connectivity index (χ2n) is 3.93. The van der Waals surface area contributed by atoms with E-state index in [0.717, 1.165) is 7.11 Å². The summed E-state index contributed by atoms with van der Waals surface area (Å²) in [5.74, 6) is 0. The molecule has 0 aromatic heterocycles. The fourth-order valence-corrected chi connectivity index (χ4v) is 1.98. The number of nitrogens with zero attached hydrogens (tertiary/aromatic N) is 1. The van der Waals surface area contributed by atoms with Crippen LogP contribution >= 0.6 is 0 Å². The molecule has 0 fully saturated rings. The molecule has 0 aliphatic heterocycles. The van der Waals surface area contributed by atoms with Crippen LogP contribution in [0.2, 0.25) is 0 Å². The van der Waals surface area contributed by atoms with Gasteiger partial charge in [-0.05, 0) is 20.8 Å². The van der Waals surface area contributed by atoms with Gasteiger partial charge in [0.2, 0.25) is 0 Å². The first-order valence-electron chi connectivity index (χ1n) is 6.10. The van der Waals surface area contributed by atoms with Crippen molar-refractivity contribution in [3.05, 3.63) is 35.9 Å². The van der Waals surface area contributed by atoms with Crippen LogP contribution in [0.5, 0.6) is 0 Å². The van der Waals surface area contributed by atoms with Gasteiger partial charge in [0.25, 0.3) is 0 Å². The lowest BCUT2D eigenvalue weighted by atomic mass is 10.2. The highest BCUT2D eigenvalue weighted by Gasteiger charge is 2.20. The molecule has 0 radical (unpaired) electrons. The predicted molar refractivity (Wildman–Crippen MR) is 72.1 cm³/mol. The van der Waals surface area contributed by atoms with E-state index >= 15 is 0 Å². The number of rotatable bonds is 5. The molecule has 1 aromatic rings. The van der Waals surface area contributed by atoms with Crippen molar-refractivity contribution in [2.24, 2.45) is 0 Å². The van der Waals surface area contributed by atoms with E-state index in [2.05, 4.69) is 51.1 Å². The Morgan fingerprint density at radius 3 is 1.65 bits per heavy atom. The zero-order valence-corrected chi connectivity index (χ0v) is 11.6. The zero-order valence-electron chi connectivity index (χ0n) is 11.6. The predicted octanol–water partition coefficient (Wildman–Crippen LogP) is 2.49. The Morgan fingerprint density at radius 1 is 0.882 bits per heavy atom. The van der Waals surface area contributed by atoms with E-state index in [4.69, 9.17) is 5.11 Å². The molecule has 3 heteroatoms. The molecule has 17 heavy (non-hydrogen) atoms. The van der Waals surface area contributed by atoms with Crippen molar-refractivity contribution in [2.75, 3.05) is 26.7 Å². The number of aliphatic hydroxyl groups is 1. The summed E-state index contributed by atoms with van der Waals surface area (Å²) in [5, 5.41) is 7.00. The smallest absolute Gasteiger partial charge is 0.104 e. The van der Waals surface area contributed by atoms with Crippen molar-refractivity contribution in [3.8, 4) is 0 Å². The highest BCUT2D eigenvalue weighted by molar-refractivity contribution is 5.13. The first-order chi connectivity index (χ1) is 7.76. The Morgan fingerprint density at radius 2 is 1.29 bits per heavy atom. The Labute approximate surface area is 106 Å².